The van der Waals surface area contributed by atoms with Crippen molar-refractivity contribution >= 4 is 36.2 Å². The quantitative estimate of drug-likeness (QED) is 0.157. The number of hydrogen-bond acceptors (Lipinski definition) is 6. The van der Waals surface area contributed by atoms with Crippen LogP contribution >= 0.6 is 15.9 Å². The Bertz CT molecular complexity index is 1920. The highest BCUT2D eigenvalue weighted by Crippen LogP contribution is 2.34. The summed E-state index contributed by atoms with van der Waals surface area (Å²) in [6, 6.07) is 16.2. The van der Waals surface area contributed by atoms with Crippen molar-refractivity contribution < 1.29 is 19.1 Å². The second-order valence-corrected chi connectivity index (χ2v) is 22.3. The fourth-order valence-electron chi connectivity index (χ4n) is 6.11. The molecule has 2 aliphatic rings. The molecule has 0 saturated carbocycles. The van der Waals surface area contributed by atoms with Crippen molar-refractivity contribution in [3.8, 4) is 34.0 Å². The van der Waals surface area contributed by atoms with Crippen LogP contribution in [0.1, 0.15) is 96.5 Å². The summed E-state index contributed by atoms with van der Waals surface area (Å²) < 4.78 is 12.1. The van der Waals surface area contributed by atoms with Crippen LogP contribution in [0.4, 0.5) is 9.59 Å². The van der Waals surface area contributed by atoms with Crippen molar-refractivity contribution in [1.29, 1.82) is 0 Å². The lowest BCUT2D eigenvalue weighted by molar-refractivity contribution is 0.0208. The molecule has 0 bridgehead atoms. The molecule has 0 radical (unpaired) electrons. The zero-order valence-corrected chi connectivity index (χ0v) is 35.1. The zero-order valence-electron chi connectivity index (χ0n) is 32.5. The third-order valence-corrected chi connectivity index (χ3v) is 9.92. The molecule has 0 aliphatic carbocycles. The predicted molar refractivity (Wildman–Crippen MR) is 216 cm³/mol. The van der Waals surface area contributed by atoms with Crippen LogP contribution in [0.2, 0.25) is 19.6 Å². The van der Waals surface area contributed by atoms with Gasteiger partial charge in [0, 0.05) is 23.1 Å². The highest BCUT2D eigenvalue weighted by Gasteiger charge is 2.36. The summed E-state index contributed by atoms with van der Waals surface area (Å²) in [4.78, 5) is 44.4. The Hall–Kier alpha value is -4.34. The maximum atomic E-state index is 12.5. The minimum Gasteiger partial charge on any atom is -0.444 e. The van der Waals surface area contributed by atoms with Crippen molar-refractivity contribution in [2.24, 2.45) is 0 Å². The summed E-state index contributed by atoms with van der Waals surface area (Å²) in [6.07, 6.45) is 6.80. The van der Waals surface area contributed by atoms with E-state index in [1.54, 1.807) is 9.80 Å². The topological polar surface area (TPSA) is 116 Å². The highest BCUT2D eigenvalue weighted by atomic mass is 79.9. The van der Waals surface area contributed by atoms with E-state index in [1.807, 2.05) is 90.3 Å². The number of aromatic amines is 2. The minimum atomic E-state index is -1.38. The highest BCUT2D eigenvalue weighted by molar-refractivity contribution is 9.10. The first-order valence-electron chi connectivity index (χ1n) is 18.3. The Morgan fingerprint density at radius 3 is 1.55 bits per heavy atom. The molecule has 10 nitrogen and oxygen atoms in total. The van der Waals surface area contributed by atoms with E-state index in [1.165, 1.54) is 0 Å². The van der Waals surface area contributed by atoms with Crippen LogP contribution in [0.25, 0.3) is 22.5 Å². The second kappa shape index (κ2) is 16.3. The van der Waals surface area contributed by atoms with Gasteiger partial charge in [-0.25, -0.2) is 19.6 Å². The smallest absolute Gasteiger partial charge is 0.410 e. The lowest BCUT2D eigenvalue weighted by atomic mass is 10.1. The van der Waals surface area contributed by atoms with Gasteiger partial charge in [0.2, 0.25) is 0 Å². The molecule has 2 unspecified atom stereocenters. The fourth-order valence-corrected chi connectivity index (χ4v) is 6.89. The molecule has 2 fully saturated rings. The maximum absolute atomic E-state index is 12.5. The van der Waals surface area contributed by atoms with Crippen molar-refractivity contribution in [3.63, 3.8) is 0 Å². The van der Waals surface area contributed by atoms with Crippen LogP contribution in [0, 0.1) is 11.5 Å². The van der Waals surface area contributed by atoms with Gasteiger partial charge in [0.15, 0.2) is 0 Å². The van der Waals surface area contributed by atoms with E-state index in [2.05, 4.69) is 79.1 Å². The normalized spacial score (nSPS) is 17.5. The lowest BCUT2D eigenvalue weighted by Gasteiger charge is -2.27. The van der Waals surface area contributed by atoms with E-state index < -0.39 is 19.3 Å². The molecule has 2 aliphatic heterocycles. The number of rotatable bonds is 4. The molecule has 2 aromatic carbocycles. The van der Waals surface area contributed by atoms with Crippen LogP contribution in [0.5, 0.6) is 0 Å². The average Bonchev–Trinajstić information content (AvgIpc) is 3.89. The second-order valence-electron chi connectivity index (χ2n) is 16.6. The molecule has 2 amide bonds. The van der Waals surface area contributed by atoms with E-state index >= 15 is 0 Å². The lowest BCUT2D eigenvalue weighted by Crippen LogP contribution is -2.36. The van der Waals surface area contributed by atoms with Gasteiger partial charge in [-0.2, -0.15) is 0 Å². The summed E-state index contributed by atoms with van der Waals surface area (Å²) in [6.45, 7) is 19.4. The number of amides is 2. The molecule has 53 heavy (non-hydrogen) atoms. The molecule has 0 spiro atoms. The van der Waals surface area contributed by atoms with Crippen molar-refractivity contribution in [2.45, 2.75) is 110 Å². The van der Waals surface area contributed by atoms with E-state index in [9.17, 15) is 9.59 Å². The van der Waals surface area contributed by atoms with E-state index in [0.29, 0.717) is 13.1 Å². The molecule has 12 heteroatoms. The largest absolute Gasteiger partial charge is 0.444 e. The molecule has 2 aromatic heterocycles. The monoisotopic (exact) mass is 800 g/mol. The van der Waals surface area contributed by atoms with Gasteiger partial charge in [0.1, 0.15) is 30.9 Å². The number of carbonyl (C=O) groups is 2. The number of imidazole rings is 2. The minimum absolute atomic E-state index is 0.0518. The van der Waals surface area contributed by atoms with Gasteiger partial charge in [-0.3, -0.25) is 9.80 Å². The van der Waals surface area contributed by atoms with Crippen LogP contribution in [-0.4, -0.2) is 74.3 Å². The Balaban J connectivity index is 0.000000208. The van der Waals surface area contributed by atoms with Gasteiger partial charge in [0.25, 0.3) is 0 Å². The number of halogens is 1. The summed E-state index contributed by atoms with van der Waals surface area (Å²) in [5, 5.41) is 0. The molecule has 4 aromatic rings. The van der Waals surface area contributed by atoms with Crippen LogP contribution in [-0.2, 0) is 9.47 Å². The number of H-pyrrole nitrogens is 2. The first-order valence-corrected chi connectivity index (χ1v) is 22.6. The van der Waals surface area contributed by atoms with Crippen LogP contribution in [0.15, 0.2) is 65.4 Å². The van der Waals surface area contributed by atoms with Gasteiger partial charge in [-0.1, -0.05) is 65.8 Å². The summed E-state index contributed by atoms with van der Waals surface area (Å²) in [5.41, 5.74) is 7.45. The molecule has 2 saturated heterocycles. The van der Waals surface area contributed by atoms with Crippen molar-refractivity contribution in [1.82, 2.24) is 29.7 Å². The van der Waals surface area contributed by atoms with Gasteiger partial charge >= 0.3 is 12.2 Å². The van der Waals surface area contributed by atoms with Gasteiger partial charge < -0.3 is 19.4 Å². The Labute approximate surface area is 323 Å². The zero-order chi connectivity index (χ0) is 38.6. The molecular formula is C41H53BrN6O4Si. The molecular weight excluding hydrogens is 748 g/mol. The number of nitrogens with one attached hydrogen (secondary N) is 2. The van der Waals surface area contributed by atoms with Crippen LogP contribution < -0.4 is 0 Å². The van der Waals surface area contributed by atoms with Gasteiger partial charge in [-0.05, 0) is 103 Å². The average molecular weight is 802 g/mol. The number of ether oxygens (including phenoxy) is 2. The molecule has 282 valence electrons. The van der Waals surface area contributed by atoms with E-state index in [4.69, 9.17) is 9.47 Å². The SMILES string of the molecule is CC(C)(C)OC(=O)N1CCCC1c1ncc(-c2ccc(Br)cc2)[nH]1.CC(C)(C)OC(=O)N1CCCC1c1ncc(-c2ccc(C#C[Si](C)(C)C)cc2)[nH]1. The Morgan fingerprint density at radius 1 is 0.736 bits per heavy atom. The number of aromatic nitrogens is 4. The van der Waals surface area contributed by atoms with Crippen LogP contribution in [0.3, 0.4) is 0 Å². The first-order chi connectivity index (χ1) is 24.8. The predicted octanol–water partition coefficient (Wildman–Crippen LogP) is 10.3. The maximum Gasteiger partial charge on any atom is 0.410 e. The molecule has 4 heterocycles. The standard InChI is InChI=1S/C23H31N3O2Si.C18H22BrN3O2/c1-23(2,3)28-22(27)26-14-7-8-20(26)21-24-16-19(25-21)18-11-9-17(10-12-18)13-15-29(4,5)6;1-18(2,3)24-17(23)22-10-4-5-15(22)16-20-11-14(21-16)12-6-8-13(19)9-7-12/h9-12,16,20H,7-8,14H2,1-6H3,(H,24,25);6-9,11,15H,4-5,10H2,1-3H3,(H,20,21). The Morgan fingerprint density at radius 2 is 1.15 bits per heavy atom. The summed E-state index contributed by atoms with van der Waals surface area (Å²) >= 11 is 3.44. The number of carbonyl (C=O) groups excluding carboxylic acids is 2. The number of nitrogens with zero attached hydrogens (tertiary/aromatic N) is 4. The number of hydrogen-bond donors (Lipinski definition) is 2. The van der Waals surface area contributed by atoms with E-state index in [-0.39, 0.29) is 24.3 Å². The third kappa shape index (κ3) is 11.3. The molecule has 2 atom stereocenters. The third-order valence-electron chi connectivity index (χ3n) is 8.52. The number of likely N-dealkylation sites (tertiary alicyclic amines) is 2. The summed E-state index contributed by atoms with van der Waals surface area (Å²) in [5.74, 6) is 4.90. The van der Waals surface area contributed by atoms with Gasteiger partial charge in [-0.15, -0.1) is 5.54 Å². The fraction of sp³-hybridized carbons (Fsp3) is 0.463. The molecule has 6 rings (SSSR count). The molecule has 2 N–H and O–H groups in total. The number of benzene rings is 2. The Kier molecular flexibility index (Phi) is 12.3. The van der Waals surface area contributed by atoms with Crippen molar-refractivity contribution in [2.75, 3.05) is 13.1 Å². The van der Waals surface area contributed by atoms with E-state index in [0.717, 1.165) is 69.9 Å². The first kappa shape index (κ1) is 39.9. The van der Waals surface area contributed by atoms with Gasteiger partial charge in [0.05, 0.1) is 35.9 Å². The van der Waals surface area contributed by atoms with Crippen molar-refractivity contribution in [3.05, 3.63) is 82.6 Å². The summed E-state index contributed by atoms with van der Waals surface area (Å²) in [7, 11) is -1.38.